The first-order chi connectivity index (χ1) is 18.5. The van der Waals surface area contributed by atoms with Crippen LogP contribution >= 0.6 is 11.8 Å². The van der Waals surface area contributed by atoms with E-state index in [-0.39, 0.29) is 18.4 Å². The van der Waals surface area contributed by atoms with Crippen molar-refractivity contribution in [2.45, 2.75) is 51.3 Å². The topological polar surface area (TPSA) is 89.5 Å². The van der Waals surface area contributed by atoms with E-state index in [4.69, 9.17) is 19.2 Å². The van der Waals surface area contributed by atoms with Gasteiger partial charge in [-0.2, -0.15) is 0 Å². The molecule has 2 aromatic rings. The highest BCUT2D eigenvalue weighted by Crippen LogP contribution is 2.46. The molecule has 3 aliphatic rings. The third-order valence-corrected chi connectivity index (χ3v) is 7.54. The molecule has 1 saturated carbocycles. The van der Waals surface area contributed by atoms with Crippen LogP contribution in [0.25, 0.3) is 0 Å². The molecule has 0 radical (unpaired) electrons. The molecule has 1 N–H and O–H groups in total. The number of methoxy groups -OCH3 is 2. The highest BCUT2D eigenvalue weighted by Gasteiger charge is 2.42. The van der Waals surface area contributed by atoms with Gasteiger partial charge in [0.15, 0.2) is 16.7 Å². The Morgan fingerprint density at radius 2 is 1.89 bits per heavy atom. The maximum atomic E-state index is 13.1. The van der Waals surface area contributed by atoms with Gasteiger partial charge in [0.05, 0.1) is 38.0 Å². The van der Waals surface area contributed by atoms with Crippen LogP contribution < -0.4 is 14.8 Å². The zero-order valence-electron chi connectivity index (χ0n) is 21.7. The van der Waals surface area contributed by atoms with Gasteiger partial charge < -0.3 is 24.4 Å². The number of carbonyl (C=O) groups is 2. The summed E-state index contributed by atoms with van der Waals surface area (Å²) in [7, 11) is 2.97. The Morgan fingerprint density at radius 3 is 2.58 bits per heavy atom. The molecule has 1 atom stereocenters. The zero-order chi connectivity index (χ0) is 26.6. The number of esters is 1. The van der Waals surface area contributed by atoms with Crippen molar-refractivity contribution >= 4 is 28.8 Å². The van der Waals surface area contributed by atoms with E-state index in [1.54, 1.807) is 7.11 Å². The molecule has 0 spiro atoms. The fourth-order valence-electron chi connectivity index (χ4n) is 4.61. The number of fused-ring (bicyclic) bond motifs is 1. The summed E-state index contributed by atoms with van der Waals surface area (Å²) in [5.41, 5.74) is 3.76. The van der Waals surface area contributed by atoms with Crippen LogP contribution in [-0.4, -0.2) is 42.2 Å². The van der Waals surface area contributed by atoms with Gasteiger partial charge in [0.25, 0.3) is 0 Å². The molecular weight excluding hydrogens is 502 g/mol. The standard InChI is InChI=1S/C29H31N3O5S/c1-4-22-26(28(34)36-3)27(32-21(17-38-29(32)31-22)15-25(33)30-20-11-12-20)19-10-13-23(24(14-19)35-2)37-16-18-8-6-5-7-9-18/h5-10,13-14,17,20,27H,4,11-12,15-16H2,1-3H3,(H,30,33)/t27-/m0/s1. The van der Waals surface area contributed by atoms with Crippen molar-refractivity contribution in [1.29, 1.82) is 0 Å². The van der Waals surface area contributed by atoms with E-state index in [9.17, 15) is 9.59 Å². The number of rotatable bonds is 10. The van der Waals surface area contributed by atoms with Crippen LogP contribution in [0.5, 0.6) is 11.5 Å². The van der Waals surface area contributed by atoms with Gasteiger partial charge >= 0.3 is 5.97 Å². The van der Waals surface area contributed by atoms with Crippen LogP contribution in [0.4, 0.5) is 0 Å². The fraction of sp³-hybridized carbons (Fsp3) is 0.345. The van der Waals surface area contributed by atoms with Gasteiger partial charge in [-0.1, -0.05) is 55.1 Å². The SMILES string of the molecule is CCC1=C(C(=O)OC)[C@H](c2ccc(OCc3ccccc3)c(OC)c2)N2C(CC(=O)NC3CC3)=CSC2=N1. The number of thioether (sulfide) groups is 1. The van der Waals surface area contributed by atoms with E-state index >= 15 is 0 Å². The summed E-state index contributed by atoms with van der Waals surface area (Å²) in [6, 6.07) is 15.3. The van der Waals surface area contributed by atoms with E-state index in [0.717, 1.165) is 34.8 Å². The van der Waals surface area contributed by atoms with Crippen molar-refractivity contribution in [2.75, 3.05) is 14.2 Å². The monoisotopic (exact) mass is 533 g/mol. The normalized spacial score (nSPS) is 18.4. The molecule has 8 nitrogen and oxygen atoms in total. The van der Waals surface area contributed by atoms with Gasteiger partial charge in [-0.3, -0.25) is 4.79 Å². The Hall–Kier alpha value is -3.72. The molecule has 2 aliphatic heterocycles. The summed E-state index contributed by atoms with van der Waals surface area (Å²) in [6.45, 7) is 2.36. The first-order valence-electron chi connectivity index (χ1n) is 12.7. The van der Waals surface area contributed by atoms with Crippen molar-refractivity contribution in [2.24, 2.45) is 4.99 Å². The lowest BCUT2D eigenvalue weighted by Gasteiger charge is -2.36. The summed E-state index contributed by atoms with van der Waals surface area (Å²) in [5, 5.41) is 5.73. The molecule has 1 amide bonds. The zero-order valence-corrected chi connectivity index (χ0v) is 22.5. The molecule has 0 bridgehead atoms. The van der Waals surface area contributed by atoms with Gasteiger partial charge in [-0.05, 0) is 47.9 Å². The lowest BCUT2D eigenvalue weighted by Crippen LogP contribution is -2.38. The van der Waals surface area contributed by atoms with Gasteiger partial charge in [0.2, 0.25) is 5.91 Å². The minimum Gasteiger partial charge on any atom is -0.493 e. The Labute approximate surface area is 226 Å². The van der Waals surface area contributed by atoms with E-state index in [1.165, 1.54) is 18.9 Å². The van der Waals surface area contributed by atoms with Crippen LogP contribution in [0, 0.1) is 0 Å². The average Bonchev–Trinajstić information content (AvgIpc) is 3.68. The molecule has 9 heteroatoms. The molecule has 0 unspecified atom stereocenters. The molecule has 2 heterocycles. The summed E-state index contributed by atoms with van der Waals surface area (Å²) >= 11 is 1.46. The van der Waals surface area contributed by atoms with Crippen molar-refractivity contribution in [3.8, 4) is 11.5 Å². The molecule has 0 aromatic heterocycles. The third kappa shape index (κ3) is 5.43. The highest BCUT2D eigenvalue weighted by molar-refractivity contribution is 8.16. The molecular formula is C29H31N3O5S. The highest BCUT2D eigenvalue weighted by atomic mass is 32.2. The van der Waals surface area contributed by atoms with Gasteiger partial charge in [0.1, 0.15) is 6.61 Å². The molecule has 2 aromatic carbocycles. The van der Waals surface area contributed by atoms with Crippen LogP contribution in [0.1, 0.15) is 49.8 Å². The number of hydrogen-bond acceptors (Lipinski definition) is 8. The molecule has 0 saturated heterocycles. The van der Waals surface area contributed by atoms with Crippen LogP contribution in [0.15, 0.2) is 75.9 Å². The fourth-order valence-corrected chi connectivity index (χ4v) is 5.54. The number of carbonyl (C=O) groups excluding carboxylic acids is 2. The number of aliphatic imine (C=N–C) groups is 1. The van der Waals surface area contributed by atoms with E-state index in [2.05, 4.69) is 5.32 Å². The Morgan fingerprint density at radius 1 is 1.11 bits per heavy atom. The van der Waals surface area contributed by atoms with E-state index in [0.29, 0.717) is 35.8 Å². The van der Waals surface area contributed by atoms with E-state index in [1.807, 2.05) is 65.8 Å². The number of hydrogen-bond donors (Lipinski definition) is 1. The number of nitrogens with zero attached hydrogens (tertiary/aromatic N) is 2. The van der Waals surface area contributed by atoms with Gasteiger partial charge in [-0.15, -0.1) is 0 Å². The van der Waals surface area contributed by atoms with Crippen molar-refractivity contribution in [3.63, 3.8) is 0 Å². The molecule has 198 valence electrons. The number of ether oxygens (including phenoxy) is 3. The largest absolute Gasteiger partial charge is 0.493 e. The molecule has 38 heavy (non-hydrogen) atoms. The molecule has 1 fully saturated rings. The van der Waals surface area contributed by atoms with E-state index < -0.39 is 12.0 Å². The number of benzene rings is 2. The first kappa shape index (κ1) is 25.9. The van der Waals surface area contributed by atoms with Crippen LogP contribution in [0.3, 0.4) is 0 Å². The second kappa shape index (κ2) is 11.3. The second-order valence-electron chi connectivity index (χ2n) is 9.30. The minimum atomic E-state index is -0.531. The Bertz CT molecular complexity index is 1320. The maximum absolute atomic E-state index is 13.1. The minimum absolute atomic E-state index is 0.0357. The van der Waals surface area contributed by atoms with Gasteiger partial charge in [0, 0.05) is 11.7 Å². The number of amides is 1. The lowest BCUT2D eigenvalue weighted by molar-refractivity contribution is -0.136. The van der Waals surface area contributed by atoms with Crippen molar-refractivity contribution < 1.29 is 23.8 Å². The maximum Gasteiger partial charge on any atom is 0.338 e. The van der Waals surface area contributed by atoms with Crippen LogP contribution in [-0.2, 0) is 20.9 Å². The van der Waals surface area contributed by atoms with Crippen molar-refractivity contribution in [3.05, 3.63) is 82.0 Å². The summed E-state index contributed by atoms with van der Waals surface area (Å²) < 4.78 is 17.0. The number of allylic oxidation sites excluding steroid dienone is 1. The van der Waals surface area contributed by atoms with Crippen molar-refractivity contribution in [1.82, 2.24) is 10.2 Å². The summed E-state index contributed by atoms with van der Waals surface area (Å²) in [4.78, 5) is 32.6. The third-order valence-electron chi connectivity index (χ3n) is 6.65. The molecule has 1 aliphatic carbocycles. The Kier molecular flexibility index (Phi) is 7.74. The summed E-state index contributed by atoms with van der Waals surface area (Å²) in [5.74, 6) is 0.663. The second-order valence-corrected chi connectivity index (χ2v) is 10.1. The van der Waals surface area contributed by atoms with Gasteiger partial charge in [-0.25, -0.2) is 9.79 Å². The Balaban J connectivity index is 1.49. The average molecular weight is 534 g/mol. The number of amidine groups is 1. The molecule has 5 rings (SSSR count). The predicted molar refractivity (Wildman–Crippen MR) is 147 cm³/mol. The first-order valence-corrected chi connectivity index (χ1v) is 13.6. The lowest BCUT2D eigenvalue weighted by atomic mass is 9.92. The summed E-state index contributed by atoms with van der Waals surface area (Å²) in [6.07, 6.45) is 2.80. The number of nitrogens with one attached hydrogen (secondary N) is 1. The smallest absolute Gasteiger partial charge is 0.338 e. The predicted octanol–water partition coefficient (Wildman–Crippen LogP) is 5.08. The van der Waals surface area contributed by atoms with Crippen LogP contribution in [0.2, 0.25) is 0 Å². The quantitative estimate of drug-likeness (QED) is 0.426.